The second-order valence-electron chi connectivity index (χ2n) is 11.8. The normalized spacial score (nSPS) is 20.2. The number of aromatic nitrogens is 4. The molecule has 9 nitrogen and oxygen atoms in total. The summed E-state index contributed by atoms with van der Waals surface area (Å²) in [5.74, 6) is -1.12. The van der Waals surface area contributed by atoms with Crippen LogP contribution < -0.4 is 4.74 Å². The number of likely N-dealkylation sites (tertiary alicyclic amines) is 2. The Morgan fingerprint density at radius 2 is 1.80 bits per heavy atom. The van der Waals surface area contributed by atoms with Crippen molar-refractivity contribution in [3.05, 3.63) is 21.9 Å². The maximum absolute atomic E-state index is 15.6. The zero-order chi connectivity index (χ0) is 29.9. The lowest BCUT2D eigenvalue weighted by atomic mass is 10.0. The Kier molecular flexibility index (Phi) is 7.86. The van der Waals surface area contributed by atoms with Gasteiger partial charge in [-0.1, -0.05) is 5.21 Å². The highest BCUT2D eigenvalue weighted by molar-refractivity contribution is 9.10. The molecule has 1 aromatic carbocycles. The van der Waals surface area contributed by atoms with Gasteiger partial charge in [0.2, 0.25) is 5.88 Å². The summed E-state index contributed by atoms with van der Waals surface area (Å²) in [7, 11) is 2.00. The Morgan fingerprint density at radius 1 is 1.12 bits per heavy atom. The van der Waals surface area contributed by atoms with Gasteiger partial charge in [-0.3, -0.25) is 4.90 Å². The lowest BCUT2D eigenvalue weighted by Gasteiger charge is -2.33. The smallest absolute Gasteiger partial charge is 0.417 e. The first-order chi connectivity index (χ1) is 19.2. The van der Waals surface area contributed by atoms with Crippen LogP contribution in [0.5, 0.6) is 5.88 Å². The zero-order valence-corrected chi connectivity index (χ0v) is 25.1. The van der Waals surface area contributed by atoms with Crippen LogP contribution in [0.2, 0.25) is 0 Å². The second-order valence-corrected chi connectivity index (χ2v) is 12.6. The van der Waals surface area contributed by atoms with Crippen LogP contribution >= 0.6 is 15.9 Å². The number of piperidine rings is 1. The van der Waals surface area contributed by atoms with Crippen LogP contribution in [0.15, 0.2) is 10.5 Å². The number of hydrogen-bond donors (Lipinski definition) is 0. The van der Waals surface area contributed by atoms with E-state index in [0.29, 0.717) is 25.9 Å². The largest absolute Gasteiger partial charge is 0.471 e. The molecule has 2 aliphatic heterocycles. The van der Waals surface area contributed by atoms with Crippen LogP contribution in [0.4, 0.5) is 22.4 Å². The van der Waals surface area contributed by atoms with Gasteiger partial charge >= 0.3 is 12.3 Å². The molecule has 0 N–H and O–H groups in total. The van der Waals surface area contributed by atoms with Gasteiger partial charge in [-0.25, -0.2) is 18.9 Å². The summed E-state index contributed by atoms with van der Waals surface area (Å²) in [5.41, 5.74) is -1.70. The SMILES string of the molecule is C[C@H](Oc1nc2c(F)c(Br)c(C(F)(F)F)cc2c2c1nnn2C1CCN(C(=O)OC(C)(C)C)CC1)[C@@H]1CCCN1C. The monoisotopic (exact) mass is 644 g/mol. The van der Waals surface area contributed by atoms with Crippen molar-refractivity contribution in [3.8, 4) is 5.88 Å². The number of nitrogens with zero attached hydrogens (tertiary/aromatic N) is 6. The van der Waals surface area contributed by atoms with E-state index < -0.39 is 33.7 Å². The molecule has 14 heteroatoms. The summed E-state index contributed by atoms with van der Waals surface area (Å²) in [5, 5.41) is 8.53. The van der Waals surface area contributed by atoms with Crippen molar-refractivity contribution in [2.45, 2.75) is 83.3 Å². The van der Waals surface area contributed by atoms with Crippen molar-refractivity contribution < 1.29 is 31.8 Å². The van der Waals surface area contributed by atoms with Crippen molar-refractivity contribution in [3.63, 3.8) is 0 Å². The minimum absolute atomic E-state index is 0.0169. The molecule has 0 saturated carbocycles. The van der Waals surface area contributed by atoms with E-state index in [4.69, 9.17) is 9.47 Å². The van der Waals surface area contributed by atoms with E-state index in [1.54, 1.807) is 25.7 Å². The molecule has 3 aromatic rings. The fourth-order valence-electron chi connectivity index (χ4n) is 5.70. The lowest BCUT2D eigenvalue weighted by Crippen LogP contribution is -2.42. The van der Waals surface area contributed by atoms with E-state index in [9.17, 15) is 18.0 Å². The van der Waals surface area contributed by atoms with Crippen LogP contribution in [0.1, 0.15) is 65.0 Å². The van der Waals surface area contributed by atoms with Crippen molar-refractivity contribution >= 4 is 44.0 Å². The number of fused-ring (bicyclic) bond motifs is 3. The quantitative estimate of drug-likeness (QED) is 0.307. The van der Waals surface area contributed by atoms with Crippen LogP contribution in [0.25, 0.3) is 21.9 Å². The van der Waals surface area contributed by atoms with Crippen LogP contribution in [-0.4, -0.2) is 80.3 Å². The predicted molar refractivity (Wildman–Crippen MR) is 147 cm³/mol. The van der Waals surface area contributed by atoms with Gasteiger partial charge in [-0.15, -0.1) is 5.10 Å². The van der Waals surface area contributed by atoms with Gasteiger partial charge < -0.3 is 14.4 Å². The second kappa shape index (κ2) is 10.8. The molecule has 2 aromatic heterocycles. The van der Waals surface area contributed by atoms with Crippen LogP contribution in [-0.2, 0) is 10.9 Å². The standard InChI is InChI=1S/C27H33BrF4N6O3/c1-14(18-7-6-10-36(18)5)40-24-22-23(16-13-17(27(30,31)32)19(28)20(29)21(16)33-24)38(35-34-22)15-8-11-37(12-9-15)25(39)41-26(2,3)4/h13-15,18H,6-12H2,1-5H3/t14-,18-/m0/s1. The topological polar surface area (TPSA) is 85.6 Å². The highest BCUT2D eigenvalue weighted by atomic mass is 79.9. The van der Waals surface area contributed by atoms with Gasteiger partial charge in [-0.2, -0.15) is 13.2 Å². The van der Waals surface area contributed by atoms with Crippen molar-refractivity contribution in [1.29, 1.82) is 0 Å². The van der Waals surface area contributed by atoms with Gasteiger partial charge in [0, 0.05) is 24.5 Å². The summed E-state index contributed by atoms with van der Waals surface area (Å²) in [6.45, 7) is 8.87. The molecule has 0 unspecified atom stereocenters. The number of pyridine rings is 1. The molecule has 5 rings (SSSR count). The molecule has 0 aliphatic carbocycles. The van der Waals surface area contributed by atoms with E-state index >= 15 is 4.39 Å². The summed E-state index contributed by atoms with van der Waals surface area (Å²) >= 11 is 2.80. The number of halogens is 5. The Bertz CT molecular complexity index is 1470. The Morgan fingerprint density at radius 3 is 2.39 bits per heavy atom. The number of hydrogen-bond acceptors (Lipinski definition) is 7. The van der Waals surface area contributed by atoms with Gasteiger partial charge in [0.05, 0.1) is 16.1 Å². The number of ether oxygens (including phenoxy) is 2. The van der Waals surface area contributed by atoms with Crippen LogP contribution in [0.3, 0.4) is 0 Å². The van der Waals surface area contributed by atoms with E-state index in [0.717, 1.165) is 25.5 Å². The zero-order valence-electron chi connectivity index (χ0n) is 23.6. The molecule has 41 heavy (non-hydrogen) atoms. The maximum atomic E-state index is 15.6. The summed E-state index contributed by atoms with van der Waals surface area (Å²) in [6.07, 6.45) is -2.76. The molecule has 0 radical (unpaired) electrons. The van der Waals surface area contributed by atoms with Crippen molar-refractivity contribution in [2.24, 2.45) is 0 Å². The number of carbonyl (C=O) groups excluding carboxylic acids is 1. The molecule has 0 spiro atoms. The number of rotatable bonds is 4. The molecule has 1 amide bonds. The van der Waals surface area contributed by atoms with Crippen molar-refractivity contribution in [1.82, 2.24) is 29.8 Å². The number of carbonyl (C=O) groups is 1. The highest BCUT2D eigenvalue weighted by Crippen LogP contribution is 2.42. The van der Waals surface area contributed by atoms with Gasteiger partial charge in [-0.05, 0) is 89.0 Å². The third-order valence-electron chi connectivity index (χ3n) is 7.73. The third kappa shape index (κ3) is 5.81. The number of amides is 1. The molecule has 2 aliphatic rings. The van der Waals surface area contributed by atoms with E-state index in [1.807, 2.05) is 14.0 Å². The summed E-state index contributed by atoms with van der Waals surface area (Å²) in [6, 6.07) is 0.668. The number of alkyl halides is 3. The van der Waals surface area contributed by atoms with E-state index in [1.165, 1.54) is 4.68 Å². The third-order valence-corrected chi connectivity index (χ3v) is 8.51. The Labute approximate surface area is 243 Å². The Balaban J connectivity index is 1.58. The minimum atomic E-state index is -4.81. The average Bonchev–Trinajstić information content (AvgIpc) is 3.52. The Hall–Kier alpha value is -2.74. The summed E-state index contributed by atoms with van der Waals surface area (Å²) < 4.78 is 69.8. The molecular formula is C27H33BrF4N6O3. The average molecular weight is 645 g/mol. The first-order valence-electron chi connectivity index (χ1n) is 13.6. The fraction of sp³-hybridized carbons (Fsp3) is 0.630. The first-order valence-corrected chi connectivity index (χ1v) is 14.4. The number of benzene rings is 1. The fourth-order valence-corrected chi connectivity index (χ4v) is 6.22. The van der Waals surface area contributed by atoms with Gasteiger partial charge in [0.15, 0.2) is 11.3 Å². The lowest BCUT2D eigenvalue weighted by molar-refractivity contribution is -0.138. The maximum Gasteiger partial charge on any atom is 0.417 e. The first kappa shape index (κ1) is 29.7. The molecular weight excluding hydrogens is 612 g/mol. The molecule has 2 fully saturated rings. The molecule has 2 atom stereocenters. The molecule has 4 heterocycles. The predicted octanol–water partition coefficient (Wildman–Crippen LogP) is 6.33. The highest BCUT2D eigenvalue weighted by Gasteiger charge is 2.37. The van der Waals surface area contributed by atoms with Gasteiger partial charge in [0.1, 0.15) is 22.7 Å². The van der Waals surface area contributed by atoms with Crippen molar-refractivity contribution in [2.75, 3.05) is 26.7 Å². The molecule has 2 saturated heterocycles. The van der Waals surface area contributed by atoms with Crippen LogP contribution in [0, 0.1) is 5.82 Å². The minimum Gasteiger partial charge on any atom is -0.471 e. The summed E-state index contributed by atoms with van der Waals surface area (Å²) in [4.78, 5) is 20.7. The van der Waals surface area contributed by atoms with Gasteiger partial charge in [0.25, 0.3) is 0 Å². The van der Waals surface area contributed by atoms with E-state index in [2.05, 4.69) is 36.1 Å². The molecule has 0 bridgehead atoms. The van der Waals surface area contributed by atoms with E-state index in [-0.39, 0.29) is 46.0 Å². The molecule has 224 valence electrons. The number of likely N-dealkylation sites (N-methyl/N-ethyl adjacent to an activating group) is 1.